The summed E-state index contributed by atoms with van der Waals surface area (Å²) in [6.07, 6.45) is -4.48. The number of halogens is 5. The number of alkyl halides is 3. The molecule has 1 aliphatic heterocycles. The Hall–Kier alpha value is -1.63. The Balaban J connectivity index is 2.13. The van der Waals surface area contributed by atoms with Gasteiger partial charge in [-0.15, -0.1) is 0 Å². The molecule has 1 atom stereocenters. The maximum atomic E-state index is 14.4. The van der Waals surface area contributed by atoms with Gasteiger partial charge in [0.1, 0.15) is 5.82 Å². The number of piperazine rings is 1. The molecule has 25 heavy (non-hydrogen) atoms. The summed E-state index contributed by atoms with van der Waals surface area (Å²) in [4.78, 5) is 1.95. The summed E-state index contributed by atoms with van der Waals surface area (Å²) in [6.45, 7) is 2.54. The second-order valence-corrected chi connectivity index (χ2v) is 6.35. The van der Waals surface area contributed by atoms with Crippen molar-refractivity contribution in [2.75, 3.05) is 26.2 Å². The second kappa shape index (κ2) is 7.32. The van der Waals surface area contributed by atoms with Crippen LogP contribution in [0.2, 0.25) is 5.02 Å². The highest BCUT2D eigenvalue weighted by Crippen LogP contribution is 2.38. The summed E-state index contributed by atoms with van der Waals surface area (Å²) in [5.74, 6) is -0.459. The number of nitrogens with one attached hydrogen (secondary N) is 1. The molecule has 0 saturated carbocycles. The van der Waals surface area contributed by atoms with Crippen LogP contribution in [0.1, 0.15) is 22.7 Å². The van der Waals surface area contributed by atoms with Gasteiger partial charge in [-0.05, 0) is 29.8 Å². The molecule has 0 aliphatic carbocycles. The van der Waals surface area contributed by atoms with Gasteiger partial charge in [0.15, 0.2) is 0 Å². The molecule has 0 radical (unpaired) electrons. The topological polar surface area (TPSA) is 15.3 Å². The zero-order valence-corrected chi connectivity index (χ0v) is 14.0. The van der Waals surface area contributed by atoms with Crippen LogP contribution < -0.4 is 5.32 Å². The molecule has 0 aromatic heterocycles. The Morgan fingerprint density at radius 1 is 1.00 bits per heavy atom. The van der Waals surface area contributed by atoms with Crippen LogP contribution >= 0.6 is 11.6 Å². The van der Waals surface area contributed by atoms with Crippen LogP contribution in [0, 0.1) is 5.82 Å². The zero-order chi connectivity index (χ0) is 18.0. The van der Waals surface area contributed by atoms with E-state index in [0.29, 0.717) is 31.7 Å². The van der Waals surface area contributed by atoms with Gasteiger partial charge in [0.25, 0.3) is 0 Å². The summed E-state index contributed by atoms with van der Waals surface area (Å²) in [5.41, 5.74) is -0.197. The average Bonchev–Trinajstić information content (AvgIpc) is 2.58. The van der Waals surface area contributed by atoms with Crippen molar-refractivity contribution in [2.24, 2.45) is 0 Å². The van der Waals surface area contributed by atoms with E-state index in [-0.39, 0.29) is 10.6 Å². The molecule has 1 unspecified atom stereocenters. The summed E-state index contributed by atoms with van der Waals surface area (Å²) < 4.78 is 53.9. The van der Waals surface area contributed by atoms with Crippen LogP contribution in [0.15, 0.2) is 42.5 Å². The minimum atomic E-state index is -4.48. The van der Waals surface area contributed by atoms with Gasteiger partial charge in [-0.2, -0.15) is 13.2 Å². The van der Waals surface area contributed by atoms with Gasteiger partial charge in [-0.3, -0.25) is 4.90 Å². The Morgan fingerprint density at radius 2 is 1.68 bits per heavy atom. The minimum absolute atomic E-state index is 0.194. The van der Waals surface area contributed by atoms with Crippen molar-refractivity contribution < 1.29 is 17.6 Å². The van der Waals surface area contributed by atoms with Gasteiger partial charge in [-0.25, -0.2) is 4.39 Å². The van der Waals surface area contributed by atoms with E-state index in [9.17, 15) is 17.6 Å². The van der Waals surface area contributed by atoms with Gasteiger partial charge in [-0.1, -0.05) is 29.8 Å². The molecule has 0 bridgehead atoms. The van der Waals surface area contributed by atoms with E-state index in [1.165, 1.54) is 12.1 Å². The van der Waals surface area contributed by atoms with E-state index in [4.69, 9.17) is 11.6 Å². The number of nitrogens with zero attached hydrogens (tertiary/aromatic N) is 1. The fourth-order valence-corrected chi connectivity index (χ4v) is 3.35. The van der Waals surface area contributed by atoms with E-state index in [2.05, 4.69) is 5.32 Å². The number of hydrogen-bond acceptors (Lipinski definition) is 2. The lowest BCUT2D eigenvalue weighted by atomic mass is 9.94. The Kier molecular flexibility index (Phi) is 5.32. The first-order valence-electron chi connectivity index (χ1n) is 7.94. The Bertz CT molecular complexity index is 742. The molecule has 1 fully saturated rings. The molecule has 1 saturated heterocycles. The first-order chi connectivity index (χ1) is 11.9. The molecule has 1 N–H and O–H groups in total. The fourth-order valence-electron chi connectivity index (χ4n) is 3.13. The van der Waals surface area contributed by atoms with Crippen molar-refractivity contribution in [3.05, 3.63) is 70.0 Å². The maximum absolute atomic E-state index is 14.4. The van der Waals surface area contributed by atoms with Gasteiger partial charge in [0.2, 0.25) is 0 Å². The summed E-state index contributed by atoms with van der Waals surface area (Å²) in [7, 11) is 0. The van der Waals surface area contributed by atoms with E-state index >= 15 is 0 Å². The smallest absolute Gasteiger partial charge is 0.314 e. The monoisotopic (exact) mass is 372 g/mol. The summed E-state index contributed by atoms with van der Waals surface area (Å²) >= 11 is 6.23. The standard InChI is InChI=1S/C18H17ClF4N2/c19-15-6-5-12(18(21,22)23)11-14(15)17(25-9-7-24-8-10-25)13-3-1-2-4-16(13)20/h1-6,11,17,24H,7-10H2. The van der Waals surface area contributed by atoms with Crippen molar-refractivity contribution in [1.29, 1.82) is 0 Å². The third-order valence-corrected chi connectivity index (χ3v) is 4.68. The van der Waals surface area contributed by atoms with Gasteiger partial charge >= 0.3 is 6.18 Å². The van der Waals surface area contributed by atoms with Crippen molar-refractivity contribution in [3.8, 4) is 0 Å². The van der Waals surface area contributed by atoms with Crippen LogP contribution in [0.4, 0.5) is 17.6 Å². The minimum Gasteiger partial charge on any atom is -0.314 e. The molecule has 134 valence electrons. The lowest BCUT2D eigenvalue weighted by Crippen LogP contribution is -2.45. The first-order valence-corrected chi connectivity index (χ1v) is 8.31. The Labute approximate surface area is 148 Å². The third-order valence-electron chi connectivity index (χ3n) is 4.33. The first kappa shape index (κ1) is 18.2. The lowest BCUT2D eigenvalue weighted by Gasteiger charge is -2.36. The molecule has 2 nitrogen and oxygen atoms in total. The van der Waals surface area contributed by atoms with Crippen molar-refractivity contribution in [3.63, 3.8) is 0 Å². The van der Waals surface area contributed by atoms with E-state index in [0.717, 1.165) is 12.1 Å². The van der Waals surface area contributed by atoms with Gasteiger partial charge in [0, 0.05) is 36.8 Å². The zero-order valence-electron chi connectivity index (χ0n) is 13.3. The largest absolute Gasteiger partial charge is 0.416 e. The molecular weight excluding hydrogens is 356 g/mol. The highest BCUT2D eigenvalue weighted by molar-refractivity contribution is 6.31. The fraction of sp³-hybridized carbons (Fsp3) is 0.333. The van der Waals surface area contributed by atoms with Crippen molar-refractivity contribution in [1.82, 2.24) is 10.2 Å². The Morgan fingerprint density at radius 3 is 2.32 bits per heavy atom. The SMILES string of the molecule is Fc1ccccc1C(c1cc(C(F)(F)F)ccc1Cl)N1CCNCC1. The van der Waals surface area contributed by atoms with Gasteiger partial charge in [0.05, 0.1) is 11.6 Å². The molecule has 3 rings (SSSR count). The van der Waals surface area contributed by atoms with E-state index < -0.39 is 23.6 Å². The van der Waals surface area contributed by atoms with Crippen LogP contribution in [0.25, 0.3) is 0 Å². The van der Waals surface area contributed by atoms with Crippen LogP contribution in [-0.2, 0) is 6.18 Å². The summed E-state index contributed by atoms with van der Waals surface area (Å²) in [5, 5.41) is 3.38. The normalized spacial score (nSPS) is 17.5. The summed E-state index contributed by atoms with van der Waals surface area (Å²) in [6, 6.07) is 8.68. The van der Waals surface area contributed by atoms with Crippen molar-refractivity contribution in [2.45, 2.75) is 12.2 Å². The van der Waals surface area contributed by atoms with E-state index in [1.807, 2.05) is 4.90 Å². The molecule has 1 aliphatic rings. The van der Waals surface area contributed by atoms with Gasteiger partial charge < -0.3 is 5.32 Å². The van der Waals surface area contributed by atoms with Crippen LogP contribution in [-0.4, -0.2) is 31.1 Å². The lowest BCUT2D eigenvalue weighted by molar-refractivity contribution is -0.137. The number of rotatable bonds is 3. The van der Waals surface area contributed by atoms with Crippen LogP contribution in [0.5, 0.6) is 0 Å². The van der Waals surface area contributed by atoms with Crippen LogP contribution in [0.3, 0.4) is 0 Å². The second-order valence-electron chi connectivity index (χ2n) is 5.94. The molecule has 7 heteroatoms. The average molecular weight is 373 g/mol. The number of hydrogen-bond donors (Lipinski definition) is 1. The molecule has 1 heterocycles. The van der Waals surface area contributed by atoms with E-state index in [1.54, 1.807) is 18.2 Å². The highest BCUT2D eigenvalue weighted by atomic mass is 35.5. The highest BCUT2D eigenvalue weighted by Gasteiger charge is 2.34. The van der Waals surface area contributed by atoms with Crippen molar-refractivity contribution >= 4 is 11.6 Å². The maximum Gasteiger partial charge on any atom is 0.416 e. The predicted octanol–water partition coefficient (Wildman–Crippen LogP) is 4.49. The third kappa shape index (κ3) is 3.97. The predicted molar refractivity (Wildman–Crippen MR) is 89.1 cm³/mol. The molecule has 2 aromatic carbocycles. The molecule has 0 amide bonds. The molecular formula is C18H17ClF4N2. The molecule has 2 aromatic rings. The molecule has 0 spiro atoms. The number of benzene rings is 2. The quantitative estimate of drug-likeness (QED) is 0.798.